The normalized spacial score (nSPS) is 18.4. The lowest BCUT2D eigenvalue weighted by molar-refractivity contribution is -0.147. The number of nitrogens with two attached hydrogens (primary N) is 3. The van der Waals surface area contributed by atoms with Gasteiger partial charge in [0, 0.05) is 13.1 Å². The summed E-state index contributed by atoms with van der Waals surface area (Å²) >= 11 is 0. The Labute approximate surface area is 207 Å². The quantitative estimate of drug-likeness (QED) is 0.0407. The summed E-state index contributed by atoms with van der Waals surface area (Å²) in [6.07, 6.45) is 0.180. The second-order valence-corrected chi connectivity index (χ2v) is 8.95. The minimum atomic E-state index is -1.94. The van der Waals surface area contributed by atoms with Crippen molar-refractivity contribution in [3.8, 4) is 0 Å². The van der Waals surface area contributed by atoms with Crippen molar-refractivity contribution < 1.29 is 39.0 Å². The maximum atomic E-state index is 13.1. The van der Waals surface area contributed by atoms with Gasteiger partial charge in [-0.25, -0.2) is 4.79 Å². The Morgan fingerprint density at radius 3 is 2.31 bits per heavy atom. The number of nitrogens with zero attached hydrogens (tertiary/aromatic N) is 2. The number of nitrogens with one attached hydrogen (secondary N) is 2. The van der Waals surface area contributed by atoms with Gasteiger partial charge in [-0.15, -0.1) is 0 Å². The van der Waals surface area contributed by atoms with E-state index in [9.17, 15) is 39.0 Å². The van der Waals surface area contributed by atoms with Gasteiger partial charge >= 0.3 is 11.9 Å². The number of amides is 3. The van der Waals surface area contributed by atoms with Crippen LogP contribution in [0, 0.1) is 5.92 Å². The fourth-order valence-electron chi connectivity index (χ4n) is 3.76. The number of carboxylic acid groups (broad SMARTS) is 2. The molecule has 1 aliphatic rings. The molecule has 3 amide bonds. The number of guanidine groups is 1. The zero-order valence-corrected chi connectivity index (χ0v) is 20.3. The number of carboxylic acids is 2. The smallest absolute Gasteiger partial charge is 0.326 e. The van der Waals surface area contributed by atoms with E-state index in [-0.39, 0.29) is 44.6 Å². The maximum Gasteiger partial charge on any atom is 0.326 e. The third-order valence-corrected chi connectivity index (χ3v) is 5.71. The van der Waals surface area contributed by atoms with E-state index in [1.54, 1.807) is 13.8 Å². The monoisotopic (exact) mass is 513 g/mol. The third-order valence-electron chi connectivity index (χ3n) is 5.71. The highest BCUT2D eigenvalue weighted by molar-refractivity contribution is 6.03. The number of aliphatic carboxylic acids is 2. The molecule has 15 heteroatoms. The molecule has 0 unspecified atom stereocenters. The Bertz CT molecular complexity index is 889. The highest BCUT2D eigenvalue weighted by Crippen LogP contribution is 2.23. The molecule has 36 heavy (non-hydrogen) atoms. The first-order chi connectivity index (χ1) is 16.7. The third kappa shape index (κ3) is 8.48. The minimum absolute atomic E-state index is 0.0905. The Morgan fingerprint density at radius 1 is 1.17 bits per heavy atom. The van der Waals surface area contributed by atoms with Crippen LogP contribution in [0.25, 0.3) is 0 Å². The lowest BCUT2D eigenvalue weighted by atomic mass is 9.94. The van der Waals surface area contributed by atoms with Crippen molar-refractivity contribution in [2.45, 2.75) is 69.6 Å². The number of hydrogen-bond donors (Lipinski definition) is 7. The molecule has 1 aliphatic heterocycles. The average Bonchev–Trinajstić information content (AvgIpc) is 3.28. The van der Waals surface area contributed by atoms with Crippen LogP contribution in [0.5, 0.6) is 0 Å². The summed E-state index contributed by atoms with van der Waals surface area (Å²) in [5.41, 5.74) is 14.6. The average molecular weight is 514 g/mol. The van der Waals surface area contributed by atoms with Gasteiger partial charge in [-0.2, -0.15) is 0 Å². The fourth-order valence-corrected chi connectivity index (χ4v) is 3.76. The van der Waals surface area contributed by atoms with Gasteiger partial charge in [0.15, 0.2) is 11.5 Å². The highest BCUT2D eigenvalue weighted by Gasteiger charge is 2.44. The fraction of sp³-hybridized carbons (Fsp3) is 0.667. The van der Waals surface area contributed by atoms with Gasteiger partial charge in [-0.1, -0.05) is 13.8 Å². The lowest BCUT2D eigenvalue weighted by Gasteiger charge is -2.32. The first-order valence-electron chi connectivity index (χ1n) is 11.4. The van der Waals surface area contributed by atoms with Crippen molar-refractivity contribution in [1.82, 2.24) is 15.5 Å². The standard InChI is InChI=1S/C21H35N7O8/c1-11(2)15(18(34)35)27-16(32)12(9-14(30)31)26-17(33)13-5-3-8-28(13)19(36)21(24,10-29)6-4-7-25-20(22)23/h10-13,15H,3-9,24H2,1-2H3,(H,26,33)(H,27,32)(H,30,31)(H,34,35)(H4,22,23,25)/t12-,13-,15-,21+/m0/s1. The number of aldehydes is 1. The predicted octanol–water partition coefficient (Wildman–Crippen LogP) is -2.89. The van der Waals surface area contributed by atoms with E-state index in [2.05, 4.69) is 15.6 Å². The van der Waals surface area contributed by atoms with Crippen LogP contribution < -0.4 is 27.8 Å². The Kier molecular flexibility index (Phi) is 11.2. The van der Waals surface area contributed by atoms with Crippen molar-refractivity contribution >= 4 is 41.9 Å². The topological polar surface area (TPSA) is 261 Å². The molecule has 15 nitrogen and oxygen atoms in total. The molecule has 0 saturated carbocycles. The van der Waals surface area contributed by atoms with Gasteiger partial charge in [0.1, 0.15) is 24.4 Å². The van der Waals surface area contributed by atoms with E-state index >= 15 is 0 Å². The molecule has 4 atom stereocenters. The molecule has 0 aliphatic carbocycles. The summed E-state index contributed by atoms with van der Waals surface area (Å²) in [4.78, 5) is 78.0. The van der Waals surface area contributed by atoms with Crippen molar-refractivity contribution in [2.24, 2.45) is 28.1 Å². The van der Waals surface area contributed by atoms with Crippen LogP contribution in [-0.2, 0) is 28.8 Å². The number of carbonyl (C=O) groups excluding carboxylic acids is 4. The van der Waals surface area contributed by atoms with Crippen LogP contribution in [0.15, 0.2) is 4.99 Å². The summed E-state index contributed by atoms with van der Waals surface area (Å²) in [6.45, 7) is 3.35. The van der Waals surface area contributed by atoms with E-state index in [1.165, 1.54) is 0 Å². The van der Waals surface area contributed by atoms with Crippen LogP contribution in [-0.4, -0.2) is 93.8 Å². The molecule has 202 valence electrons. The van der Waals surface area contributed by atoms with Crippen molar-refractivity contribution in [1.29, 1.82) is 0 Å². The number of likely N-dealkylation sites (tertiary alicyclic amines) is 1. The van der Waals surface area contributed by atoms with E-state index < -0.39 is 65.7 Å². The van der Waals surface area contributed by atoms with Crippen LogP contribution in [0.2, 0.25) is 0 Å². The second kappa shape index (κ2) is 13.4. The Hall–Kier alpha value is -3.75. The van der Waals surface area contributed by atoms with Gasteiger partial charge in [0.05, 0.1) is 6.42 Å². The zero-order chi connectivity index (χ0) is 27.6. The summed E-state index contributed by atoms with van der Waals surface area (Å²) in [5.74, 6) is -6.02. The number of aliphatic imine (C=N–C) groups is 1. The number of rotatable bonds is 14. The Balaban J connectivity index is 3.00. The van der Waals surface area contributed by atoms with Crippen molar-refractivity contribution in [3.05, 3.63) is 0 Å². The van der Waals surface area contributed by atoms with Gasteiger partial charge < -0.3 is 47.7 Å². The molecule has 1 saturated heterocycles. The summed E-state index contributed by atoms with van der Waals surface area (Å²) in [7, 11) is 0. The largest absolute Gasteiger partial charge is 0.481 e. The molecular formula is C21H35N7O8. The van der Waals surface area contributed by atoms with E-state index in [4.69, 9.17) is 17.2 Å². The number of carbonyl (C=O) groups is 6. The van der Waals surface area contributed by atoms with Crippen LogP contribution >= 0.6 is 0 Å². The summed E-state index contributed by atoms with van der Waals surface area (Å²) in [6, 6.07) is -4.01. The molecule has 1 fully saturated rings. The molecule has 10 N–H and O–H groups in total. The molecule has 0 spiro atoms. The summed E-state index contributed by atoms with van der Waals surface area (Å²) in [5, 5.41) is 23.0. The van der Waals surface area contributed by atoms with Gasteiger partial charge in [0.2, 0.25) is 11.8 Å². The van der Waals surface area contributed by atoms with Crippen LogP contribution in [0.1, 0.15) is 46.0 Å². The Morgan fingerprint density at radius 2 is 1.81 bits per heavy atom. The zero-order valence-electron chi connectivity index (χ0n) is 20.3. The predicted molar refractivity (Wildman–Crippen MR) is 126 cm³/mol. The molecule has 0 bridgehead atoms. The molecule has 0 radical (unpaired) electrons. The van der Waals surface area contributed by atoms with Gasteiger partial charge in [-0.05, 0) is 31.6 Å². The molecular weight excluding hydrogens is 478 g/mol. The first-order valence-corrected chi connectivity index (χ1v) is 11.4. The molecule has 0 aromatic carbocycles. The van der Waals surface area contributed by atoms with Crippen LogP contribution in [0.3, 0.4) is 0 Å². The van der Waals surface area contributed by atoms with E-state index in [0.29, 0.717) is 6.42 Å². The SMILES string of the molecule is CC(C)[C@H](NC(=O)[C@H](CC(=O)O)NC(=O)[C@@H]1CCCN1C(=O)[C@](N)(C=O)CCCN=C(N)N)C(=O)O. The molecule has 1 heterocycles. The first kappa shape index (κ1) is 30.3. The molecule has 1 rings (SSSR count). The van der Waals surface area contributed by atoms with Crippen LogP contribution in [0.4, 0.5) is 0 Å². The summed E-state index contributed by atoms with van der Waals surface area (Å²) < 4.78 is 0. The van der Waals surface area contributed by atoms with E-state index in [0.717, 1.165) is 4.90 Å². The highest BCUT2D eigenvalue weighted by atomic mass is 16.4. The second-order valence-electron chi connectivity index (χ2n) is 8.95. The van der Waals surface area contributed by atoms with Crippen molar-refractivity contribution in [3.63, 3.8) is 0 Å². The van der Waals surface area contributed by atoms with E-state index in [1.807, 2.05) is 0 Å². The minimum Gasteiger partial charge on any atom is -0.481 e. The number of hydrogen-bond acceptors (Lipinski definition) is 8. The van der Waals surface area contributed by atoms with Crippen molar-refractivity contribution in [2.75, 3.05) is 13.1 Å². The van der Waals surface area contributed by atoms with Gasteiger partial charge in [0.25, 0.3) is 5.91 Å². The lowest BCUT2D eigenvalue weighted by Crippen LogP contribution is -2.61. The molecule has 0 aromatic heterocycles. The maximum absolute atomic E-state index is 13.1. The van der Waals surface area contributed by atoms with Gasteiger partial charge in [-0.3, -0.25) is 24.2 Å². The molecule has 0 aromatic rings.